The number of hydrogen-bond donors (Lipinski definition) is 2. The van der Waals surface area contributed by atoms with Gasteiger partial charge in [0.05, 0.1) is 10.5 Å². The van der Waals surface area contributed by atoms with E-state index in [-0.39, 0.29) is 22.3 Å². The number of ether oxygens (including phenoxy) is 1. The molecule has 0 saturated heterocycles. The average Bonchev–Trinajstić information content (AvgIpc) is 2.66. The van der Waals surface area contributed by atoms with Crippen molar-refractivity contribution >= 4 is 27.6 Å². The van der Waals surface area contributed by atoms with E-state index in [9.17, 15) is 18.0 Å². The quantitative estimate of drug-likeness (QED) is 0.571. The minimum Gasteiger partial charge on any atom is -0.423 e. The van der Waals surface area contributed by atoms with E-state index < -0.39 is 16.0 Å². The van der Waals surface area contributed by atoms with Crippen LogP contribution < -0.4 is 14.8 Å². The van der Waals surface area contributed by atoms with Crippen molar-refractivity contribution in [1.82, 2.24) is 4.72 Å². The van der Waals surface area contributed by atoms with Crippen molar-refractivity contribution in [1.29, 1.82) is 0 Å². The Morgan fingerprint density at radius 2 is 1.86 bits per heavy atom. The molecule has 0 saturated carbocycles. The van der Waals surface area contributed by atoms with Crippen molar-refractivity contribution < 1.29 is 22.7 Å². The first-order valence-electron chi connectivity index (χ1n) is 8.99. The number of carbonyl (C=O) groups excluding carboxylic acids is 2. The zero-order valence-electron chi connectivity index (χ0n) is 15.7. The van der Waals surface area contributed by atoms with Gasteiger partial charge in [0.25, 0.3) is 0 Å². The zero-order valence-corrected chi connectivity index (χ0v) is 16.5. The molecule has 2 N–H and O–H groups in total. The van der Waals surface area contributed by atoms with Crippen LogP contribution in [0.2, 0.25) is 0 Å². The molecule has 1 heterocycles. The molecular weight excluding hydrogens is 380 g/mol. The van der Waals surface area contributed by atoms with E-state index in [2.05, 4.69) is 10.0 Å². The number of aryl methyl sites for hydroxylation is 1. The van der Waals surface area contributed by atoms with E-state index in [1.807, 2.05) is 13.8 Å². The highest BCUT2D eigenvalue weighted by Gasteiger charge is 2.18. The van der Waals surface area contributed by atoms with E-state index in [1.54, 1.807) is 18.2 Å². The second-order valence-corrected chi connectivity index (χ2v) is 8.79. The van der Waals surface area contributed by atoms with Crippen LogP contribution in [0.1, 0.15) is 36.2 Å². The fourth-order valence-corrected chi connectivity index (χ4v) is 3.93. The van der Waals surface area contributed by atoms with Crippen LogP contribution in [0.5, 0.6) is 5.75 Å². The molecule has 0 radical (unpaired) electrons. The summed E-state index contributed by atoms with van der Waals surface area (Å²) in [5, 5.41) is 2.77. The topological polar surface area (TPSA) is 102 Å². The van der Waals surface area contributed by atoms with Crippen LogP contribution in [0, 0.1) is 5.92 Å². The molecule has 28 heavy (non-hydrogen) atoms. The maximum absolute atomic E-state index is 12.4. The van der Waals surface area contributed by atoms with Crippen molar-refractivity contribution in [3.05, 3.63) is 53.6 Å². The molecule has 7 nitrogen and oxygen atoms in total. The third-order valence-corrected chi connectivity index (χ3v) is 5.70. The Labute approximate surface area is 164 Å². The van der Waals surface area contributed by atoms with Crippen LogP contribution >= 0.6 is 0 Å². The zero-order chi connectivity index (χ0) is 20.3. The minimum absolute atomic E-state index is 0.0322. The summed E-state index contributed by atoms with van der Waals surface area (Å²) >= 11 is 0. The molecule has 2 aromatic rings. The van der Waals surface area contributed by atoms with Gasteiger partial charge >= 0.3 is 5.97 Å². The second-order valence-electron chi connectivity index (χ2n) is 7.03. The summed E-state index contributed by atoms with van der Waals surface area (Å²) in [5.74, 6) is -0.0572. The molecule has 1 aliphatic heterocycles. The molecule has 1 aliphatic rings. The molecule has 3 rings (SSSR count). The maximum atomic E-state index is 12.4. The standard InChI is InChI=1S/C20H22N2O5S/c1-13(2)12-21-28(25,26)17-7-3-14(4-8-17)20(24)27-16-6-9-18-15(11-16)5-10-19(23)22-18/h3-4,6-9,11,13,21H,5,10,12H2,1-2H3,(H,22,23). The first-order valence-corrected chi connectivity index (χ1v) is 10.5. The van der Waals surface area contributed by atoms with Crippen LogP contribution in [0.4, 0.5) is 5.69 Å². The van der Waals surface area contributed by atoms with E-state index in [0.29, 0.717) is 25.1 Å². The number of nitrogens with one attached hydrogen (secondary N) is 2. The van der Waals surface area contributed by atoms with Gasteiger partial charge in [0, 0.05) is 18.7 Å². The molecule has 1 amide bonds. The molecule has 0 unspecified atom stereocenters. The number of sulfonamides is 1. The van der Waals surface area contributed by atoms with Gasteiger partial charge in [-0.05, 0) is 60.4 Å². The third-order valence-electron chi connectivity index (χ3n) is 4.26. The number of amides is 1. The van der Waals surface area contributed by atoms with Crippen LogP contribution in [-0.2, 0) is 21.2 Å². The molecular formula is C20H22N2O5S. The van der Waals surface area contributed by atoms with Gasteiger partial charge in [0.15, 0.2) is 0 Å². The highest BCUT2D eigenvalue weighted by atomic mass is 32.2. The number of carbonyl (C=O) groups is 2. The van der Waals surface area contributed by atoms with Crippen LogP contribution in [0.25, 0.3) is 0 Å². The Hall–Kier alpha value is -2.71. The monoisotopic (exact) mass is 402 g/mol. The summed E-state index contributed by atoms with van der Waals surface area (Å²) < 4.78 is 32.3. The predicted molar refractivity (Wildman–Crippen MR) is 105 cm³/mol. The van der Waals surface area contributed by atoms with Crippen molar-refractivity contribution in [2.75, 3.05) is 11.9 Å². The number of hydrogen-bond acceptors (Lipinski definition) is 5. The lowest BCUT2D eigenvalue weighted by molar-refractivity contribution is -0.116. The van der Waals surface area contributed by atoms with Crippen molar-refractivity contribution in [2.45, 2.75) is 31.6 Å². The SMILES string of the molecule is CC(C)CNS(=O)(=O)c1ccc(C(=O)Oc2ccc3c(c2)CCC(=O)N3)cc1. The fourth-order valence-electron chi connectivity index (χ4n) is 2.72. The molecule has 8 heteroatoms. The van der Waals surface area contributed by atoms with Crippen LogP contribution in [-0.4, -0.2) is 26.8 Å². The summed E-state index contributed by atoms with van der Waals surface area (Å²) in [7, 11) is -3.61. The predicted octanol–water partition coefficient (Wildman–Crippen LogP) is 2.72. The van der Waals surface area contributed by atoms with Crippen LogP contribution in [0.15, 0.2) is 47.4 Å². The summed E-state index contributed by atoms with van der Waals surface area (Å²) in [6, 6.07) is 10.6. The van der Waals surface area contributed by atoms with Crippen molar-refractivity contribution in [3.8, 4) is 5.75 Å². The Balaban J connectivity index is 1.69. The normalized spacial score (nSPS) is 13.8. The third kappa shape index (κ3) is 4.76. The lowest BCUT2D eigenvalue weighted by Gasteiger charge is -2.17. The minimum atomic E-state index is -3.61. The Morgan fingerprint density at radius 1 is 1.14 bits per heavy atom. The molecule has 0 spiro atoms. The van der Waals surface area contributed by atoms with Gasteiger partial charge in [-0.2, -0.15) is 0 Å². The van der Waals surface area contributed by atoms with Crippen LogP contribution in [0.3, 0.4) is 0 Å². The molecule has 148 valence electrons. The van der Waals surface area contributed by atoms with Crippen molar-refractivity contribution in [2.24, 2.45) is 5.92 Å². The number of esters is 1. The fraction of sp³-hybridized carbons (Fsp3) is 0.300. The smallest absolute Gasteiger partial charge is 0.343 e. The lowest BCUT2D eigenvalue weighted by atomic mass is 10.0. The second kappa shape index (κ2) is 8.12. The Bertz CT molecular complexity index is 998. The highest BCUT2D eigenvalue weighted by molar-refractivity contribution is 7.89. The first-order chi connectivity index (χ1) is 13.2. The first kappa shape index (κ1) is 20.0. The molecule has 0 aliphatic carbocycles. The van der Waals surface area contributed by atoms with E-state index in [4.69, 9.17) is 4.74 Å². The van der Waals surface area contributed by atoms with E-state index in [0.717, 1.165) is 11.3 Å². The number of anilines is 1. The Kier molecular flexibility index (Phi) is 5.81. The van der Waals surface area contributed by atoms with Gasteiger partial charge < -0.3 is 10.1 Å². The van der Waals surface area contributed by atoms with E-state index in [1.165, 1.54) is 24.3 Å². The molecule has 0 aromatic heterocycles. The summed E-state index contributed by atoms with van der Waals surface area (Å²) in [4.78, 5) is 23.8. The summed E-state index contributed by atoms with van der Waals surface area (Å²) in [5.41, 5.74) is 1.87. The molecule has 0 atom stereocenters. The lowest BCUT2D eigenvalue weighted by Crippen LogP contribution is -2.27. The number of benzene rings is 2. The molecule has 2 aromatic carbocycles. The maximum Gasteiger partial charge on any atom is 0.343 e. The van der Waals surface area contributed by atoms with Gasteiger partial charge in [-0.1, -0.05) is 13.8 Å². The highest BCUT2D eigenvalue weighted by Crippen LogP contribution is 2.27. The summed E-state index contributed by atoms with van der Waals surface area (Å²) in [6.45, 7) is 4.16. The van der Waals surface area contributed by atoms with Gasteiger partial charge in [0.2, 0.25) is 15.9 Å². The average molecular weight is 402 g/mol. The van der Waals surface area contributed by atoms with Crippen molar-refractivity contribution in [3.63, 3.8) is 0 Å². The Morgan fingerprint density at radius 3 is 2.54 bits per heavy atom. The summed E-state index contributed by atoms with van der Waals surface area (Å²) in [6.07, 6.45) is 0.980. The largest absolute Gasteiger partial charge is 0.423 e. The van der Waals surface area contributed by atoms with Gasteiger partial charge in [-0.15, -0.1) is 0 Å². The molecule has 0 bridgehead atoms. The number of rotatable bonds is 6. The number of fused-ring (bicyclic) bond motifs is 1. The van der Waals surface area contributed by atoms with Gasteiger partial charge in [-0.3, -0.25) is 4.79 Å². The van der Waals surface area contributed by atoms with Gasteiger partial charge in [0.1, 0.15) is 5.75 Å². The molecule has 0 fully saturated rings. The van der Waals surface area contributed by atoms with E-state index >= 15 is 0 Å². The van der Waals surface area contributed by atoms with Gasteiger partial charge in [-0.25, -0.2) is 17.9 Å².